The Morgan fingerprint density at radius 3 is 2.75 bits per heavy atom. The van der Waals surface area contributed by atoms with Crippen LogP contribution >= 0.6 is 0 Å². The molecule has 0 unspecified atom stereocenters. The van der Waals surface area contributed by atoms with E-state index in [9.17, 15) is 0 Å². The van der Waals surface area contributed by atoms with Gasteiger partial charge in [-0.25, -0.2) is 4.57 Å². The summed E-state index contributed by atoms with van der Waals surface area (Å²) in [5, 5.41) is 3.63. The smallest absolute Gasteiger partial charge is 0.178 e. The van der Waals surface area contributed by atoms with Gasteiger partial charge in [0, 0.05) is 12.1 Å². The molecule has 0 amide bonds. The first-order chi connectivity index (χ1) is 5.95. The molecule has 0 N–H and O–H groups in total. The second-order valence-electron chi connectivity index (χ2n) is 2.58. The first kappa shape index (κ1) is 7.03. The molecule has 12 heavy (non-hydrogen) atoms. The molecular formula is C9H9N2O+. The van der Waals surface area contributed by atoms with Crippen LogP contribution < -0.4 is 4.57 Å². The first-order valence-corrected chi connectivity index (χ1v) is 3.77. The number of pyridine rings is 1. The molecule has 0 bridgehead atoms. The van der Waals surface area contributed by atoms with E-state index < -0.39 is 0 Å². The quantitative estimate of drug-likeness (QED) is 0.615. The van der Waals surface area contributed by atoms with Gasteiger partial charge < -0.3 is 4.52 Å². The first-order valence-electron chi connectivity index (χ1n) is 3.77. The SMILES string of the molecule is c1cc[n+](Cc2cnoc2)cc1. The van der Waals surface area contributed by atoms with Crippen LogP contribution in [0.5, 0.6) is 0 Å². The van der Waals surface area contributed by atoms with Crippen LogP contribution in [0.3, 0.4) is 0 Å². The molecule has 0 aliphatic carbocycles. The summed E-state index contributed by atoms with van der Waals surface area (Å²) >= 11 is 0. The second kappa shape index (κ2) is 3.17. The summed E-state index contributed by atoms with van der Waals surface area (Å²) in [6.07, 6.45) is 7.39. The third-order valence-electron chi connectivity index (χ3n) is 1.63. The molecule has 0 radical (unpaired) electrons. The van der Waals surface area contributed by atoms with E-state index in [1.54, 1.807) is 12.5 Å². The van der Waals surface area contributed by atoms with E-state index in [1.165, 1.54) is 0 Å². The molecule has 0 aliphatic rings. The molecule has 0 aromatic carbocycles. The molecule has 2 rings (SSSR count). The fourth-order valence-electron chi connectivity index (χ4n) is 1.06. The predicted molar refractivity (Wildman–Crippen MR) is 42.2 cm³/mol. The van der Waals surface area contributed by atoms with Gasteiger partial charge in [0.1, 0.15) is 6.26 Å². The second-order valence-corrected chi connectivity index (χ2v) is 2.58. The van der Waals surface area contributed by atoms with Gasteiger partial charge in [0.25, 0.3) is 0 Å². The average molecular weight is 161 g/mol. The van der Waals surface area contributed by atoms with Crippen molar-refractivity contribution < 1.29 is 9.09 Å². The van der Waals surface area contributed by atoms with Crippen molar-refractivity contribution in [3.8, 4) is 0 Å². The van der Waals surface area contributed by atoms with Crippen molar-refractivity contribution in [2.45, 2.75) is 6.54 Å². The number of nitrogens with zero attached hydrogens (tertiary/aromatic N) is 2. The van der Waals surface area contributed by atoms with E-state index in [0.717, 1.165) is 12.1 Å². The Balaban J connectivity index is 2.15. The van der Waals surface area contributed by atoms with Crippen LogP contribution in [0.1, 0.15) is 5.56 Å². The topological polar surface area (TPSA) is 29.9 Å². The Morgan fingerprint density at radius 2 is 2.08 bits per heavy atom. The Hall–Kier alpha value is -1.64. The van der Waals surface area contributed by atoms with Crippen molar-refractivity contribution in [3.63, 3.8) is 0 Å². The average Bonchev–Trinajstić information content (AvgIpc) is 2.59. The van der Waals surface area contributed by atoms with E-state index in [2.05, 4.69) is 9.72 Å². The van der Waals surface area contributed by atoms with E-state index in [1.807, 2.05) is 30.6 Å². The monoisotopic (exact) mass is 161 g/mol. The molecule has 0 saturated heterocycles. The molecule has 3 heteroatoms. The zero-order valence-corrected chi connectivity index (χ0v) is 6.55. The largest absolute Gasteiger partial charge is 0.364 e. The fraction of sp³-hybridized carbons (Fsp3) is 0.111. The summed E-state index contributed by atoms with van der Waals surface area (Å²) in [6, 6.07) is 5.98. The van der Waals surface area contributed by atoms with Gasteiger partial charge in [-0.1, -0.05) is 11.2 Å². The summed E-state index contributed by atoms with van der Waals surface area (Å²) in [7, 11) is 0. The highest BCUT2D eigenvalue weighted by Crippen LogP contribution is 1.94. The van der Waals surface area contributed by atoms with E-state index >= 15 is 0 Å². The molecule has 0 atom stereocenters. The van der Waals surface area contributed by atoms with Gasteiger partial charge in [0.05, 0.1) is 11.8 Å². The van der Waals surface area contributed by atoms with E-state index in [0.29, 0.717) is 0 Å². The zero-order valence-electron chi connectivity index (χ0n) is 6.55. The molecule has 60 valence electrons. The highest BCUT2D eigenvalue weighted by atomic mass is 16.5. The highest BCUT2D eigenvalue weighted by Gasteiger charge is 2.01. The lowest BCUT2D eigenvalue weighted by molar-refractivity contribution is -0.688. The minimum atomic E-state index is 0.810. The molecule has 2 aromatic heterocycles. The number of hydrogen-bond donors (Lipinski definition) is 0. The summed E-state index contributed by atoms with van der Waals surface area (Å²) in [5.41, 5.74) is 1.08. The van der Waals surface area contributed by atoms with Crippen molar-refractivity contribution >= 4 is 0 Å². The maximum atomic E-state index is 4.72. The lowest BCUT2D eigenvalue weighted by Crippen LogP contribution is -2.32. The lowest BCUT2D eigenvalue weighted by Gasteiger charge is -1.89. The number of rotatable bonds is 2. The van der Waals surface area contributed by atoms with Crippen LogP contribution in [0, 0.1) is 0 Å². The molecule has 3 nitrogen and oxygen atoms in total. The minimum Gasteiger partial charge on any atom is -0.364 e. The van der Waals surface area contributed by atoms with Gasteiger partial charge in [0.15, 0.2) is 18.9 Å². The number of hydrogen-bond acceptors (Lipinski definition) is 2. The molecular weight excluding hydrogens is 152 g/mol. The van der Waals surface area contributed by atoms with Crippen LogP contribution in [0.2, 0.25) is 0 Å². The van der Waals surface area contributed by atoms with Crippen molar-refractivity contribution in [1.29, 1.82) is 0 Å². The van der Waals surface area contributed by atoms with E-state index in [4.69, 9.17) is 4.52 Å². The third-order valence-corrected chi connectivity index (χ3v) is 1.63. The van der Waals surface area contributed by atoms with Crippen molar-refractivity contribution in [2.24, 2.45) is 0 Å². The van der Waals surface area contributed by atoms with Gasteiger partial charge >= 0.3 is 0 Å². The van der Waals surface area contributed by atoms with Crippen molar-refractivity contribution in [2.75, 3.05) is 0 Å². The molecule has 2 aromatic rings. The van der Waals surface area contributed by atoms with E-state index in [-0.39, 0.29) is 0 Å². The Kier molecular flexibility index (Phi) is 1.86. The zero-order chi connectivity index (χ0) is 8.23. The third kappa shape index (κ3) is 1.50. The molecule has 2 heterocycles. The highest BCUT2D eigenvalue weighted by molar-refractivity contribution is 4.97. The van der Waals surface area contributed by atoms with Crippen molar-refractivity contribution in [1.82, 2.24) is 5.16 Å². The van der Waals surface area contributed by atoms with Crippen LogP contribution in [0.15, 0.2) is 47.6 Å². The van der Waals surface area contributed by atoms with Crippen LogP contribution in [0.25, 0.3) is 0 Å². The number of aromatic nitrogens is 2. The maximum absolute atomic E-state index is 4.72. The Bertz CT molecular complexity index is 329. The van der Waals surface area contributed by atoms with Gasteiger partial charge in [-0.3, -0.25) is 0 Å². The van der Waals surface area contributed by atoms with Crippen LogP contribution in [-0.4, -0.2) is 5.16 Å². The summed E-state index contributed by atoms with van der Waals surface area (Å²) in [5.74, 6) is 0. The molecule has 0 saturated carbocycles. The summed E-state index contributed by atoms with van der Waals surface area (Å²) < 4.78 is 6.79. The molecule has 0 aliphatic heterocycles. The lowest BCUT2D eigenvalue weighted by atomic mass is 10.3. The van der Waals surface area contributed by atoms with Gasteiger partial charge in [0.2, 0.25) is 0 Å². The molecule has 0 fully saturated rings. The van der Waals surface area contributed by atoms with Gasteiger partial charge in [-0.2, -0.15) is 0 Å². The normalized spacial score (nSPS) is 10.0. The Labute approximate surface area is 70.2 Å². The summed E-state index contributed by atoms with van der Waals surface area (Å²) in [6.45, 7) is 0.810. The van der Waals surface area contributed by atoms with Crippen LogP contribution in [0.4, 0.5) is 0 Å². The molecule has 0 spiro atoms. The van der Waals surface area contributed by atoms with Gasteiger partial charge in [-0.05, 0) is 0 Å². The summed E-state index contributed by atoms with van der Waals surface area (Å²) in [4.78, 5) is 0. The van der Waals surface area contributed by atoms with Crippen molar-refractivity contribution in [3.05, 3.63) is 48.6 Å². The van der Waals surface area contributed by atoms with Crippen LogP contribution in [-0.2, 0) is 6.54 Å². The Morgan fingerprint density at radius 1 is 1.25 bits per heavy atom. The minimum absolute atomic E-state index is 0.810. The standard InChI is InChI=1S/C9H9N2O/c1-2-4-11(5-3-1)7-9-6-10-12-8-9/h1-6,8H,7H2/q+1. The fourth-order valence-corrected chi connectivity index (χ4v) is 1.06. The predicted octanol–water partition coefficient (Wildman–Crippen LogP) is 1.01. The maximum Gasteiger partial charge on any atom is 0.178 e. The van der Waals surface area contributed by atoms with Gasteiger partial charge in [-0.15, -0.1) is 0 Å².